The number of rotatable bonds is 7. The molecule has 0 unspecified atom stereocenters. The summed E-state index contributed by atoms with van der Waals surface area (Å²) in [5.41, 5.74) is 3.95. The molecule has 0 fully saturated rings. The molecule has 0 bridgehead atoms. The van der Waals surface area contributed by atoms with E-state index in [1.54, 1.807) is 12.7 Å². The van der Waals surface area contributed by atoms with Gasteiger partial charge in [-0.25, -0.2) is 15.0 Å². The zero-order valence-corrected chi connectivity index (χ0v) is 12.5. The van der Waals surface area contributed by atoms with Gasteiger partial charge in [0.25, 0.3) is 0 Å². The number of hydrogen-bond acceptors (Lipinski definition) is 3. The Morgan fingerprint density at radius 3 is 2.30 bits per heavy atom. The lowest BCUT2D eigenvalue weighted by Crippen LogP contribution is -1.97. The van der Waals surface area contributed by atoms with Crippen molar-refractivity contribution < 1.29 is 0 Å². The molecule has 0 spiro atoms. The van der Waals surface area contributed by atoms with Crippen LogP contribution in [0, 0.1) is 0 Å². The Labute approximate surface area is 121 Å². The maximum atomic E-state index is 4.29. The quantitative estimate of drug-likeness (QED) is 0.755. The zero-order chi connectivity index (χ0) is 14.2. The van der Waals surface area contributed by atoms with Gasteiger partial charge < -0.3 is 0 Å². The molecule has 1 aromatic heterocycles. The number of benzene rings is 1. The monoisotopic (exact) mass is 269 g/mol. The molecule has 106 valence electrons. The lowest BCUT2D eigenvalue weighted by Gasteiger charge is -2.10. The highest BCUT2D eigenvalue weighted by Gasteiger charge is 2.08. The van der Waals surface area contributed by atoms with Crippen molar-refractivity contribution in [1.29, 1.82) is 0 Å². The number of aromatic nitrogens is 3. The molecule has 0 amide bonds. The number of aryl methyl sites for hydroxylation is 2. The van der Waals surface area contributed by atoms with Gasteiger partial charge in [0.2, 0.25) is 0 Å². The average Bonchev–Trinajstić information content (AvgIpc) is 2.51. The molecule has 0 saturated carbocycles. The van der Waals surface area contributed by atoms with E-state index in [-0.39, 0.29) is 0 Å². The van der Waals surface area contributed by atoms with E-state index in [9.17, 15) is 0 Å². The normalized spacial score (nSPS) is 10.7. The zero-order valence-electron chi connectivity index (χ0n) is 12.5. The van der Waals surface area contributed by atoms with E-state index in [0.717, 1.165) is 24.2 Å². The topological polar surface area (TPSA) is 38.7 Å². The first-order valence-corrected chi connectivity index (χ1v) is 7.59. The lowest BCUT2D eigenvalue weighted by molar-refractivity contribution is 0.780. The fourth-order valence-corrected chi connectivity index (χ4v) is 2.35. The predicted molar refractivity (Wildman–Crippen MR) is 82.5 cm³/mol. The van der Waals surface area contributed by atoms with Gasteiger partial charge >= 0.3 is 0 Å². The minimum absolute atomic E-state index is 0.785. The standard InChI is InChI=1S/C17H23N3/c1-3-5-7-14-9-10-16(15(11-14)8-6-4-2)17-19-12-18-13-20-17/h9-13H,3-8H2,1-2H3. The molecule has 0 aliphatic rings. The SMILES string of the molecule is CCCCc1ccc(-c2ncncn2)c(CCCC)c1. The van der Waals surface area contributed by atoms with Crippen LogP contribution in [0.15, 0.2) is 30.9 Å². The second-order valence-electron chi connectivity index (χ2n) is 5.16. The van der Waals surface area contributed by atoms with E-state index in [2.05, 4.69) is 47.0 Å². The summed E-state index contributed by atoms with van der Waals surface area (Å²) in [5, 5.41) is 0. The second-order valence-corrected chi connectivity index (χ2v) is 5.16. The van der Waals surface area contributed by atoms with Crippen LogP contribution in [0.3, 0.4) is 0 Å². The molecule has 0 atom stereocenters. The summed E-state index contributed by atoms with van der Waals surface area (Å²) in [6, 6.07) is 6.72. The molecule has 3 nitrogen and oxygen atoms in total. The van der Waals surface area contributed by atoms with Gasteiger partial charge in [-0.1, -0.05) is 44.9 Å². The van der Waals surface area contributed by atoms with Crippen molar-refractivity contribution in [2.45, 2.75) is 52.4 Å². The highest BCUT2D eigenvalue weighted by atomic mass is 15.0. The third-order valence-corrected chi connectivity index (χ3v) is 3.52. The molecule has 0 aliphatic heterocycles. The smallest absolute Gasteiger partial charge is 0.162 e. The van der Waals surface area contributed by atoms with Crippen molar-refractivity contribution in [1.82, 2.24) is 15.0 Å². The molecule has 0 aliphatic carbocycles. The third-order valence-electron chi connectivity index (χ3n) is 3.52. The fraction of sp³-hybridized carbons (Fsp3) is 0.471. The van der Waals surface area contributed by atoms with Crippen molar-refractivity contribution in [2.24, 2.45) is 0 Å². The Morgan fingerprint density at radius 1 is 0.900 bits per heavy atom. The molecule has 1 aromatic carbocycles. The summed E-state index contributed by atoms with van der Waals surface area (Å²) in [5.74, 6) is 0.785. The van der Waals surface area contributed by atoms with Crippen LogP contribution in [0.5, 0.6) is 0 Å². The van der Waals surface area contributed by atoms with E-state index >= 15 is 0 Å². The molecule has 1 heterocycles. The Morgan fingerprint density at radius 2 is 1.60 bits per heavy atom. The summed E-state index contributed by atoms with van der Waals surface area (Å²) in [7, 11) is 0. The van der Waals surface area contributed by atoms with E-state index < -0.39 is 0 Å². The first-order valence-electron chi connectivity index (χ1n) is 7.59. The van der Waals surface area contributed by atoms with Crippen molar-refractivity contribution in [3.05, 3.63) is 42.0 Å². The van der Waals surface area contributed by atoms with Gasteiger partial charge in [0.05, 0.1) is 0 Å². The van der Waals surface area contributed by atoms with Gasteiger partial charge in [0.15, 0.2) is 5.82 Å². The maximum Gasteiger partial charge on any atom is 0.162 e. The number of hydrogen-bond donors (Lipinski definition) is 0. The number of unbranched alkanes of at least 4 members (excludes halogenated alkanes) is 2. The molecule has 20 heavy (non-hydrogen) atoms. The Balaban J connectivity index is 2.30. The van der Waals surface area contributed by atoms with E-state index in [1.807, 2.05) is 0 Å². The molecule has 2 aromatic rings. The Hall–Kier alpha value is -1.77. The van der Waals surface area contributed by atoms with Crippen molar-refractivity contribution in [3.8, 4) is 11.4 Å². The molecular formula is C17H23N3. The van der Waals surface area contributed by atoms with Crippen LogP contribution in [0.2, 0.25) is 0 Å². The van der Waals surface area contributed by atoms with Crippen LogP contribution in [0.4, 0.5) is 0 Å². The van der Waals surface area contributed by atoms with Gasteiger partial charge in [-0.3, -0.25) is 0 Å². The first-order chi connectivity index (χ1) is 9.85. The van der Waals surface area contributed by atoms with Gasteiger partial charge in [-0.15, -0.1) is 0 Å². The fourth-order valence-electron chi connectivity index (χ4n) is 2.35. The second kappa shape index (κ2) is 7.73. The van der Waals surface area contributed by atoms with E-state index in [0.29, 0.717) is 0 Å². The van der Waals surface area contributed by atoms with Crippen molar-refractivity contribution >= 4 is 0 Å². The predicted octanol–water partition coefficient (Wildman–Crippen LogP) is 4.22. The lowest BCUT2D eigenvalue weighted by atomic mass is 9.96. The molecule has 0 saturated heterocycles. The Kier molecular flexibility index (Phi) is 5.66. The van der Waals surface area contributed by atoms with Crippen LogP contribution in [-0.4, -0.2) is 15.0 Å². The van der Waals surface area contributed by atoms with Crippen molar-refractivity contribution in [3.63, 3.8) is 0 Å². The van der Waals surface area contributed by atoms with Crippen LogP contribution in [-0.2, 0) is 12.8 Å². The summed E-state index contributed by atoms with van der Waals surface area (Å²) in [4.78, 5) is 12.5. The van der Waals surface area contributed by atoms with Crippen LogP contribution in [0.25, 0.3) is 11.4 Å². The van der Waals surface area contributed by atoms with E-state index in [4.69, 9.17) is 0 Å². The first kappa shape index (κ1) is 14.6. The molecule has 0 radical (unpaired) electrons. The van der Waals surface area contributed by atoms with Gasteiger partial charge in [-0.2, -0.15) is 0 Å². The summed E-state index contributed by atoms with van der Waals surface area (Å²) in [6.07, 6.45) is 10.3. The Bertz CT molecular complexity index is 523. The van der Waals surface area contributed by atoms with E-state index in [1.165, 1.54) is 36.8 Å². The van der Waals surface area contributed by atoms with Crippen LogP contribution >= 0.6 is 0 Å². The minimum Gasteiger partial charge on any atom is -0.225 e. The molecular weight excluding hydrogens is 246 g/mol. The highest BCUT2D eigenvalue weighted by Crippen LogP contribution is 2.23. The summed E-state index contributed by atoms with van der Waals surface area (Å²) in [6.45, 7) is 4.46. The highest BCUT2D eigenvalue weighted by molar-refractivity contribution is 5.60. The molecule has 2 rings (SSSR count). The van der Waals surface area contributed by atoms with Gasteiger partial charge in [-0.05, 0) is 36.8 Å². The number of nitrogens with zero attached hydrogens (tertiary/aromatic N) is 3. The van der Waals surface area contributed by atoms with Crippen LogP contribution < -0.4 is 0 Å². The largest absolute Gasteiger partial charge is 0.225 e. The molecule has 0 N–H and O–H groups in total. The van der Waals surface area contributed by atoms with Crippen molar-refractivity contribution in [2.75, 3.05) is 0 Å². The maximum absolute atomic E-state index is 4.29. The van der Waals surface area contributed by atoms with Gasteiger partial charge in [0.1, 0.15) is 12.7 Å². The summed E-state index contributed by atoms with van der Waals surface area (Å²) < 4.78 is 0. The van der Waals surface area contributed by atoms with Gasteiger partial charge in [0, 0.05) is 5.56 Å². The molecule has 3 heteroatoms. The minimum atomic E-state index is 0.785. The third kappa shape index (κ3) is 3.86. The summed E-state index contributed by atoms with van der Waals surface area (Å²) >= 11 is 0. The average molecular weight is 269 g/mol. The van der Waals surface area contributed by atoms with Crippen LogP contribution in [0.1, 0.15) is 50.7 Å².